The number of aromatic nitrogens is 3. The number of nitrogens with one attached hydrogen (secondary N) is 1. The molecule has 0 aromatic carbocycles. The summed E-state index contributed by atoms with van der Waals surface area (Å²) in [5, 5.41) is 10.5. The van der Waals surface area contributed by atoms with Crippen LogP contribution in [0, 0.1) is 12.8 Å². The van der Waals surface area contributed by atoms with Crippen molar-refractivity contribution in [2.45, 2.75) is 59.5 Å². The van der Waals surface area contributed by atoms with Crippen LogP contribution in [-0.2, 0) is 0 Å². The maximum atomic E-state index is 9.08. The molecule has 2 aromatic heterocycles. The highest BCUT2D eigenvalue weighted by molar-refractivity contribution is 6.34. The predicted octanol–water partition coefficient (Wildman–Crippen LogP) is 4.50. The highest BCUT2D eigenvalue weighted by Crippen LogP contribution is 2.23. The molecule has 21 heavy (non-hydrogen) atoms. The molecule has 4 nitrogen and oxygen atoms in total. The second-order valence-corrected chi connectivity index (χ2v) is 5.64. The number of nitrogens with zero attached hydrogens (tertiary/aromatic N) is 2. The first-order valence-corrected chi connectivity index (χ1v) is 8.08. The zero-order valence-electron chi connectivity index (χ0n) is 13.4. The molecule has 0 radical (unpaired) electrons. The molecule has 0 bridgehead atoms. The van der Waals surface area contributed by atoms with Crippen molar-refractivity contribution in [3.8, 4) is 0 Å². The van der Waals surface area contributed by atoms with Crippen molar-refractivity contribution in [2.75, 3.05) is 0 Å². The number of aromatic amines is 1. The summed E-state index contributed by atoms with van der Waals surface area (Å²) < 4.78 is 0. The lowest BCUT2D eigenvalue weighted by Gasteiger charge is -2.21. The van der Waals surface area contributed by atoms with Crippen LogP contribution in [-0.4, -0.2) is 26.2 Å². The van der Waals surface area contributed by atoms with Crippen LogP contribution in [0.3, 0.4) is 0 Å². The molecule has 0 saturated heterocycles. The van der Waals surface area contributed by atoms with Crippen molar-refractivity contribution in [3.05, 3.63) is 23.2 Å². The van der Waals surface area contributed by atoms with Gasteiger partial charge in [-0.2, -0.15) is 0 Å². The molecule has 2 aromatic rings. The summed E-state index contributed by atoms with van der Waals surface area (Å²) >= 11 is 5.83. The molecule has 1 fully saturated rings. The van der Waals surface area contributed by atoms with Crippen molar-refractivity contribution >= 4 is 22.6 Å². The summed E-state index contributed by atoms with van der Waals surface area (Å²) in [5.41, 5.74) is 1.87. The number of aryl methyl sites for hydroxylation is 1. The second kappa shape index (κ2) is 9.00. The van der Waals surface area contributed by atoms with Gasteiger partial charge < -0.3 is 10.1 Å². The summed E-state index contributed by atoms with van der Waals surface area (Å²) in [6.07, 6.45) is 7.92. The first kappa shape index (κ1) is 17.9. The van der Waals surface area contributed by atoms with E-state index in [1.807, 2.05) is 27.0 Å². The molecule has 0 spiro atoms. The Morgan fingerprint density at radius 3 is 2.52 bits per heavy atom. The van der Waals surface area contributed by atoms with Gasteiger partial charge in [0.05, 0.1) is 11.5 Å². The van der Waals surface area contributed by atoms with Gasteiger partial charge in [-0.05, 0) is 31.2 Å². The first-order chi connectivity index (χ1) is 10.1. The zero-order valence-corrected chi connectivity index (χ0v) is 14.1. The second-order valence-electron chi connectivity index (χ2n) is 5.29. The maximum Gasteiger partial charge on any atom is 0.142 e. The summed E-state index contributed by atoms with van der Waals surface area (Å²) in [7, 11) is 0. The minimum absolute atomic E-state index is 0.0127. The van der Waals surface area contributed by atoms with Gasteiger partial charge in [0.15, 0.2) is 0 Å². The Morgan fingerprint density at radius 1 is 1.29 bits per heavy atom. The summed E-state index contributed by atoms with van der Waals surface area (Å²) in [4.78, 5) is 10.9. The summed E-state index contributed by atoms with van der Waals surface area (Å²) in [6.45, 7) is 8.18. The smallest absolute Gasteiger partial charge is 0.142 e. The Kier molecular flexibility index (Phi) is 7.68. The van der Waals surface area contributed by atoms with E-state index in [1.165, 1.54) is 19.2 Å². The topological polar surface area (TPSA) is 61.8 Å². The highest BCUT2D eigenvalue weighted by atomic mass is 35.5. The average molecular weight is 312 g/mol. The molecule has 0 aliphatic heterocycles. The lowest BCUT2D eigenvalue weighted by atomic mass is 9.89. The standard InChI is InChI=1S/C7H6ClN3.C7H14O.C2H6/c1-4-2-9-7-5(4)6(8)10-3-11-7;1-6-3-2-4-7(8)5-6;1-2/h2-3H,1H3,(H,9,10,11);6-8H,2-5H2,1H3;1-2H3. The van der Waals surface area contributed by atoms with E-state index in [9.17, 15) is 0 Å². The number of H-pyrrole nitrogens is 1. The van der Waals surface area contributed by atoms with Crippen LogP contribution in [0.25, 0.3) is 11.0 Å². The fourth-order valence-corrected chi connectivity index (χ4v) is 2.76. The largest absolute Gasteiger partial charge is 0.393 e. The van der Waals surface area contributed by atoms with Crippen LogP contribution in [0.15, 0.2) is 12.5 Å². The molecule has 1 aliphatic carbocycles. The van der Waals surface area contributed by atoms with Crippen molar-refractivity contribution in [1.82, 2.24) is 15.0 Å². The Bertz CT molecular complexity index is 533. The molecule has 0 amide bonds. The van der Waals surface area contributed by atoms with Crippen molar-refractivity contribution in [2.24, 2.45) is 5.92 Å². The molecule has 1 aliphatic rings. The zero-order chi connectivity index (χ0) is 15.8. The van der Waals surface area contributed by atoms with Gasteiger partial charge in [-0.3, -0.25) is 0 Å². The molecular formula is C16H26ClN3O. The van der Waals surface area contributed by atoms with Gasteiger partial charge in [0.1, 0.15) is 17.1 Å². The van der Waals surface area contributed by atoms with E-state index >= 15 is 0 Å². The van der Waals surface area contributed by atoms with E-state index in [2.05, 4.69) is 21.9 Å². The van der Waals surface area contributed by atoms with Crippen molar-refractivity contribution < 1.29 is 5.11 Å². The molecular weight excluding hydrogens is 286 g/mol. The molecule has 118 valence electrons. The molecule has 3 rings (SSSR count). The third-order valence-corrected chi connectivity index (χ3v) is 3.82. The van der Waals surface area contributed by atoms with Gasteiger partial charge in [0.25, 0.3) is 0 Å². The Balaban J connectivity index is 0.000000196. The predicted molar refractivity (Wildman–Crippen MR) is 88.6 cm³/mol. The molecule has 1 saturated carbocycles. The molecule has 5 heteroatoms. The molecule has 2 heterocycles. The quantitative estimate of drug-likeness (QED) is 0.704. The minimum atomic E-state index is 0.0127. The van der Waals surface area contributed by atoms with E-state index in [1.54, 1.807) is 0 Å². The van der Waals surface area contributed by atoms with Crippen molar-refractivity contribution in [1.29, 1.82) is 0 Å². The van der Waals surface area contributed by atoms with E-state index in [-0.39, 0.29) is 6.10 Å². The SMILES string of the molecule is CC.CC1CCCC(O)C1.Cc1c[nH]c2ncnc(Cl)c12. The lowest BCUT2D eigenvalue weighted by Crippen LogP contribution is -2.16. The number of hydrogen-bond acceptors (Lipinski definition) is 3. The highest BCUT2D eigenvalue weighted by Gasteiger charge is 2.15. The minimum Gasteiger partial charge on any atom is -0.393 e. The van der Waals surface area contributed by atoms with Crippen LogP contribution >= 0.6 is 11.6 Å². The number of rotatable bonds is 0. The van der Waals surface area contributed by atoms with Crippen molar-refractivity contribution in [3.63, 3.8) is 0 Å². The van der Waals surface area contributed by atoms with E-state index in [0.29, 0.717) is 5.15 Å². The van der Waals surface area contributed by atoms with Gasteiger partial charge in [-0.25, -0.2) is 9.97 Å². The molecule has 2 N–H and O–H groups in total. The maximum absolute atomic E-state index is 9.08. The normalized spacial score (nSPS) is 21.0. The monoisotopic (exact) mass is 311 g/mol. The number of fused-ring (bicyclic) bond motifs is 1. The fraction of sp³-hybridized carbons (Fsp3) is 0.625. The van der Waals surface area contributed by atoms with E-state index < -0.39 is 0 Å². The number of hydrogen-bond donors (Lipinski definition) is 2. The van der Waals surface area contributed by atoms with Gasteiger partial charge in [0.2, 0.25) is 0 Å². The van der Waals surface area contributed by atoms with Crippen LogP contribution in [0.5, 0.6) is 0 Å². The van der Waals surface area contributed by atoms with E-state index in [4.69, 9.17) is 16.7 Å². The Labute approximate surface area is 132 Å². The first-order valence-electron chi connectivity index (χ1n) is 7.70. The number of aliphatic hydroxyl groups excluding tert-OH is 1. The third kappa shape index (κ3) is 5.29. The number of aliphatic hydroxyl groups is 1. The van der Waals surface area contributed by atoms with Gasteiger partial charge in [0, 0.05) is 6.20 Å². The number of halogens is 1. The lowest BCUT2D eigenvalue weighted by molar-refractivity contribution is 0.106. The Morgan fingerprint density at radius 2 is 2.00 bits per heavy atom. The molecule has 2 atom stereocenters. The average Bonchev–Trinajstić information content (AvgIpc) is 2.85. The summed E-state index contributed by atoms with van der Waals surface area (Å²) in [6, 6.07) is 0. The van der Waals surface area contributed by atoms with Gasteiger partial charge in [-0.1, -0.05) is 45.2 Å². The summed E-state index contributed by atoms with van der Waals surface area (Å²) in [5.74, 6) is 0.763. The van der Waals surface area contributed by atoms with Gasteiger partial charge >= 0.3 is 0 Å². The fourth-order valence-electron chi connectivity index (χ4n) is 2.47. The Hall–Kier alpha value is -1.13. The van der Waals surface area contributed by atoms with Crippen LogP contribution in [0.4, 0.5) is 0 Å². The van der Waals surface area contributed by atoms with Gasteiger partial charge in [-0.15, -0.1) is 0 Å². The van der Waals surface area contributed by atoms with Crippen LogP contribution in [0.2, 0.25) is 5.15 Å². The third-order valence-electron chi connectivity index (χ3n) is 3.53. The van der Waals surface area contributed by atoms with Crippen LogP contribution in [0.1, 0.15) is 52.0 Å². The van der Waals surface area contributed by atoms with Crippen LogP contribution < -0.4 is 0 Å². The van der Waals surface area contributed by atoms with E-state index in [0.717, 1.165) is 35.4 Å². The molecule has 2 unspecified atom stereocenters.